The molecule has 2 rings (SSSR count). The Labute approximate surface area is 190 Å². The molecule has 0 aliphatic carbocycles. The molecule has 0 aromatic heterocycles. The second-order valence-corrected chi connectivity index (χ2v) is 8.69. The van der Waals surface area contributed by atoms with Crippen molar-refractivity contribution >= 4 is 39.8 Å². The van der Waals surface area contributed by atoms with Gasteiger partial charge in [-0.1, -0.05) is 18.2 Å². The van der Waals surface area contributed by atoms with Crippen molar-refractivity contribution in [3.8, 4) is 0 Å². The fourth-order valence-corrected chi connectivity index (χ4v) is 3.43. The zero-order valence-corrected chi connectivity index (χ0v) is 20.2. The van der Waals surface area contributed by atoms with Gasteiger partial charge in [0.25, 0.3) is 0 Å². The molecule has 0 amide bonds. The monoisotopic (exact) mass is 533 g/mol. The van der Waals surface area contributed by atoms with Crippen LogP contribution in [0.5, 0.6) is 0 Å². The SMILES string of the molecule is CCNC(=NCCc1ccc(F)cc1C)NCCc1ccc(S(C)(=O)=O)cc1.I. The van der Waals surface area contributed by atoms with Gasteiger partial charge in [0.1, 0.15) is 5.82 Å². The summed E-state index contributed by atoms with van der Waals surface area (Å²) >= 11 is 0. The van der Waals surface area contributed by atoms with Gasteiger partial charge in [0.15, 0.2) is 15.8 Å². The van der Waals surface area contributed by atoms with Gasteiger partial charge < -0.3 is 10.6 Å². The lowest BCUT2D eigenvalue weighted by Gasteiger charge is -2.12. The molecule has 0 unspecified atom stereocenters. The molecule has 0 bridgehead atoms. The smallest absolute Gasteiger partial charge is 0.191 e. The summed E-state index contributed by atoms with van der Waals surface area (Å²) in [7, 11) is -3.17. The molecule has 2 aromatic carbocycles. The molecule has 0 aliphatic heterocycles. The average molecular weight is 533 g/mol. The molecule has 0 atom stereocenters. The highest BCUT2D eigenvalue weighted by atomic mass is 127. The van der Waals surface area contributed by atoms with Crippen molar-refractivity contribution in [3.05, 3.63) is 65.0 Å². The van der Waals surface area contributed by atoms with Crippen LogP contribution >= 0.6 is 24.0 Å². The van der Waals surface area contributed by atoms with Crippen molar-refractivity contribution in [2.24, 2.45) is 4.99 Å². The molecule has 29 heavy (non-hydrogen) atoms. The first-order valence-electron chi connectivity index (χ1n) is 9.36. The third-order valence-electron chi connectivity index (χ3n) is 4.36. The van der Waals surface area contributed by atoms with Crippen molar-refractivity contribution in [2.45, 2.75) is 31.6 Å². The van der Waals surface area contributed by atoms with Crippen LogP contribution in [0.3, 0.4) is 0 Å². The molecule has 0 heterocycles. The fourth-order valence-electron chi connectivity index (χ4n) is 2.80. The van der Waals surface area contributed by atoms with E-state index in [0.717, 1.165) is 42.0 Å². The summed E-state index contributed by atoms with van der Waals surface area (Å²) in [4.78, 5) is 4.90. The van der Waals surface area contributed by atoms with Crippen LogP contribution in [0.25, 0.3) is 0 Å². The summed E-state index contributed by atoms with van der Waals surface area (Å²) in [6.45, 7) is 5.95. The molecular weight excluding hydrogens is 504 g/mol. The number of aryl methyl sites for hydroxylation is 1. The minimum atomic E-state index is -3.17. The highest BCUT2D eigenvalue weighted by Gasteiger charge is 2.06. The van der Waals surface area contributed by atoms with Gasteiger partial charge in [-0.2, -0.15) is 0 Å². The number of hydrogen-bond donors (Lipinski definition) is 2. The summed E-state index contributed by atoms with van der Waals surface area (Å²) in [5.41, 5.74) is 3.08. The van der Waals surface area contributed by atoms with Crippen molar-refractivity contribution in [2.75, 3.05) is 25.9 Å². The van der Waals surface area contributed by atoms with Gasteiger partial charge in [-0.05, 0) is 67.6 Å². The quantitative estimate of drug-likeness (QED) is 0.310. The van der Waals surface area contributed by atoms with Crippen LogP contribution in [0.15, 0.2) is 52.4 Å². The molecule has 0 saturated carbocycles. The third kappa shape index (κ3) is 8.69. The molecule has 160 valence electrons. The molecule has 8 heteroatoms. The minimum Gasteiger partial charge on any atom is -0.357 e. The molecule has 0 fully saturated rings. The van der Waals surface area contributed by atoms with Crippen LogP contribution in [0.1, 0.15) is 23.6 Å². The van der Waals surface area contributed by atoms with E-state index in [-0.39, 0.29) is 29.8 Å². The molecule has 0 saturated heterocycles. The highest BCUT2D eigenvalue weighted by Crippen LogP contribution is 2.11. The van der Waals surface area contributed by atoms with Crippen LogP contribution in [-0.2, 0) is 22.7 Å². The summed E-state index contributed by atoms with van der Waals surface area (Å²) in [6, 6.07) is 11.8. The summed E-state index contributed by atoms with van der Waals surface area (Å²) in [6.07, 6.45) is 2.71. The Morgan fingerprint density at radius 2 is 1.76 bits per heavy atom. The lowest BCUT2D eigenvalue weighted by molar-refractivity contribution is 0.602. The summed E-state index contributed by atoms with van der Waals surface area (Å²) in [5.74, 6) is 0.513. The maximum Gasteiger partial charge on any atom is 0.191 e. The number of guanidine groups is 1. The summed E-state index contributed by atoms with van der Waals surface area (Å²) < 4.78 is 36.2. The Balaban J connectivity index is 0.00000420. The van der Waals surface area contributed by atoms with E-state index in [9.17, 15) is 12.8 Å². The van der Waals surface area contributed by atoms with Crippen molar-refractivity contribution < 1.29 is 12.8 Å². The number of halogens is 2. The zero-order valence-electron chi connectivity index (χ0n) is 17.0. The molecular formula is C21H29FIN3O2S. The Kier molecular flexibility index (Phi) is 10.6. The first-order chi connectivity index (χ1) is 13.3. The van der Waals surface area contributed by atoms with E-state index in [1.807, 2.05) is 26.0 Å². The standard InChI is InChI=1S/C21H28FN3O2S.HI/c1-4-23-21(25-14-12-18-7-8-19(22)15-16(18)2)24-13-11-17-5-9-20(10-6-17)28(3,26)27;/h5-10,15H,4,11-14H2,1-3H3,(H2,23,24,25);1H. The third-order valence-corrected chi connectivity index (χ3v) is 5.49. The van der Waals surface area contributed by atoms with E-state index in [2.05, 4.69) is 15.6 Å². The van der Waals surface area contributed by atoms with E-state index in [4.69, 9.17) is 0 Å². The maximum absolute atomic E-state index is 13.2. The molecule has 0 spiro atoms. The van der Waals surface area contributed by atoms with E-state index in [1.165, 1.54) is 18.4 Å². The van der Waals surface area contributed by atoms with Gasteiger partial charge in [0.05, 0.1) is 4.90 Å². The predicted octanol–water partition coefficient (Wildman–Crippen LogP) is 3.50. The Bertz CT molecular complexity index is 916. The van der Waals surface area contributed by atoms with Crippen molar-refractivity contribution in [3.63, 3.8) is 0 Å². The number of sulfone groups is 1. The molecule has 2 N–H and O–H groups in total. The largest absolute Gasteiger partial charge is 0.357 e. The Hall–Kier alpha value is -1.68. The second-order valence-electron chi connectivity index (χ2n) is 6.67. The first kappa shape index (κ1) is 25.4. The Morgan fingerprint density at radius 1 is 1.07 bits per heavy atom. The first-order valence-corrected chi connectivity index (χ1v) is 11.2. The van der Waals surface area contributed by atoms with Crippen LogP contribution in [0.4, 0.5) is 4.39 Å². The Morgan fingerprint density at radius 3 is 2.34 bits per heavy atom. The highest BCUT2D eigenvalue weighted by molar-refractivity contribution is 14.0. The van der Waals surface area contributed by atoms with Crippen LogP contribution in [-0.4, -0.2) is 40.3 Å². The molecule has 5 nitrogen and oxygen atoms in total. The molecule has 0 aliphatic rings. The lowest BCUT2D eigenvalue weighted by Crippen LogP contribution is -2.38. The average Bonchev–Trinajstić information content (AvgIpc) is 2.63. The van der Waals surface area contributed by atoms with Crippen LogP contribution < -0.4 is 10.6 Å². The van der Waals surface area contributed by atoms with Gasteiger partial charge in [-0.25, -0.2) is 12.8 Å². The number of nitrogens with zero attached hydrogens (tertiary/aromatic N) is 1. The van der Waals surface area contributed by atoms with Crippen molar-refractivity contribution in [1.82, 2.24) is 10.6 Å². The number of benzene rings is 2. The number of aliphatic imine (C=N–C) groups is 1. The van der Waals surface area contributed by atoms with Gasteiger partial charge in [-0.15, -0.1) is 24.0 Å². The van der Waals surface area contributed by atoms with Crippen LogP contribution in [0.2, 0.25) is 0 Å². The molecule has 2 aromatic rings. The normalized spacial score (nSPS) is 11.7. The van der Waals surface area contributed by atoms with E-state index < -0.39 is 9.84 Å². The minimum absolute atomic E-state index is 0. The maximum atomic E-state index is 13.2. The molecule has 0 radical (unpaired) electrons. The lowest BCUT2D eigenvalue weighted by atomic mass is 10.1. The van der Waals surface area contributed by atoms with Gasteiger partial charge >= 0.3 is 0 Å². The number of hydrogen-bond acceptors (Lipinski definition) is 3. The van der Waals surface area contributed by atoms with E-state index in [1.54, 1.807) is 18.2 Å². The zero-order chi connectivity index (χ0) is 20.6. The fraction of sp³-hybridized carbons (Fsp3) is 0.381. The van der Waals surface area contributed by atoms with Crippen molar-refractivity contribution in [1.29, 1.82) is 0 Å². The van der Waals surface area contributed by atoms with Gasteiger partial charge in [0.2, 0.25) is 0 Å². The van der Waals surface area contributed by atoms with E-state index in [0.29, 0.717) is 18.0 Å². The number of nitrogens with one attached hydrogen (secondary N) is 2. The summed E-state index contributed by atoms with van der Waals surface area (Å²) in [5, 5.41) is 6.49. The second kappa shape index (κ2) is 12.1. The topological polar surface area (TPSA) is 70.6 Å². The predicted molar refractivity (Wildman–Crippen MR) is 127 cm³/mol. The van der Waals surface area contributed by atoms with Crippen LogP contribution in [0, 0.1) is 12.7 Å². The van der Waals surface area contributed by atoms with Gasteiger partial charge in [0, 0.05) is 25.9 Å². The van der Waals surface area contributed by atoms with E-state index >= 15 is 0 Å². The van der Waals surface area contributed by atoms with Gasteiger partial charge in [-0.3, -0.25) is 4.99 Å². The number of rotatable bonds is 8.